The minimum absolute atomic E-state index is 0.172. The molecule has 0 fully saturated rings. The Morgan fingerprint density at radius 3 is 2.38 bits per heavy atom. The SMILES string of the molecule is COc1cc(Oc2nn(C)c(C(F)(F)C(F)(F)F)c2Cl)ccc1[N+](=O)[O-]. The van der Waals surface area contributed by atoms with Gasteiger partial charge in [-0.2, -0.15) is 22.0 Å². The molecule has 0 aliphatic carbocycles. The van der Waals surface area contributed by atoms with Crippen molar-refractivity contribution in [1.29, 1.82) is 0 Å². The number of hydrogen-bond donors (Lipinski definition) is 0. The van der Waals surface area contributed by atoms with E-state index in [2.05, 4.69) is 5.10 Å². The number of rotatable bonds is 5. The molecule has 2 rings (SSSR count). The summed E-state index contributed by atoms with van der Waals surface area (Å²) in [4.78, 5) is 10.1. The van der Waals surface area contributed by atoms with Gasteiger partial charge in [-0.3, -0.25) is 14.8 Å². The Bertz CT molecular complexity index is 853. The zero-order chi connectivity index (χ0) is 19.9. The predicted octanol–water partition coefficient (Wildman–Crippen LogP) is 4.44. The molecule has 13 heteroatoms. The van der Waals surface area contributed by atoms with Crippen molar-refractivity contribution in [2.45, 2.75) is 12.1 Å². The van der Waals surface area contributed by atoms with Crippen LogP contribution < -0.4 is 9.47 Å². The van der Waals surface area contributed by atoms with Crippen LogP contribution in [0.3, 0.4) is 0 Å². The van der Waals surface area contributed by atoms with Gasteiger partial charge in [-0.15, -0.1) is 5.10 Å². The van der Waals surface area contributed by atoms with Gasteiger partial charge < -0.3 is 9.47 Å². The van der Waals surface area contributed by atoms with Gasteiger partial charge in [0, 0.05) is 19.2 Å². The molecule has 26 heavy (non-hydrogen) atoms. The summed E-state index contributed by atoms with van der Waals surface area (Å²) in [5.74, 6) is -6.39. The summed E-state index contributed by atoms with van der Waals surface area (Å²) in [6, 6.07) is 3.11. The third kappa shape index (κ3) is 3.36. The Morgan fingerprint density at radius 1 is 1.27 bits per heavy atom. The van der Waals surface area contributed by atoms with Gasteiger partial charge in [-0.1, -0.05) is 11.6 Å². The molecule has 0 radical (unpaired) electrons. The van der Waals surface area contributed by atoms with Crippen molar-refractivity contribution in [2.75, 3.05) is 7.11 Å². The number of methoxy groups -OCH3 is 1. The van der Waals surface area contributed by atoms with E-state index in [9.17, 15) is 32.1 Å². The van der Waals surface area contributed by atoms with Crippen molar-refractivity contribution < 1.29 is 36.3 Å². The molecule has 0 bridgehead atoms. The second-order valence-electron chi connectivity index (χ2n) is 4.86. The van der Waals surface area contributed by atoms with E-state index >= 15 is 0 Å². The molecule has 142 valence electrons. The molecule has 2 aromatic rings. The zero-order valence-corrected chi connectivity index (χ0v) is 13.7. The molecule has 0 spiro atoms. The predicted molar refractivity (Wildman–Crippen MR) is 77.9 cm³/mol. The lowest BCUT2D eigenvalue weighted by Crippen LogP contribution is -2.35. The molecule has 7 nitrogen and oxygen atoms in total. The monoisotopic (exact) mass is 401 g/mol. The van der Waals surface area contributed by atoms with E-state index in [0.29, 0.717) is 0 Å². The van der Waals surface area contributed by atoms with Crippen LogP contribution in [-0.4, -0.2) is 28.0 Å². The molecule has 1 aromatic heterocycles. The van der Waals surface area contributed by atoms with Crippen LogP contribution in [0, 0.1) is 10.1 Å². The van der Waals surface area contributed by atoms with E-state index in [-0.39, 0.29) is 16.2 Å². The first-order chi connectivity index (χ1) is 11.9. The van der Waals surface area contributed by atoms with Crippen LogP contribution in [0.5, 0.6) is 17.4 Å². The summed E-state index contributed by atoms with van der Waals surface area (Å²) in [5.41, 5.74) is -2.01. The highest BCUT2D eigenvalue weighted by Gasteiger charge is 2.62. The van der Waals surface area contributed by atoms with Gasteiger partial charge in [0.1, 0.15) is 16.5 Å². The fraction of sp³-hybridized carbons (Fsp3) is 0.308. The maximum absolute atomic E-state index is 13.6. The number of nitrogens with zero attached hydrogens (tertiary/aromatic N) is 3. The fourth-order valence-electron chi connectivity index (χ4n) is 2.00. The molecule has 0 aliphatic rings. The molecule has 0 N–H and O–H groups in total. The molecule has 0 unspecified atom stereocenters. The van der Waals surface area contributed by atoms with Crippen molar-refractivity contribution in [3.63, 3.8) is 0 Å². The maximum atomic E-state index is 13.6. The van der Waals surface area contributed by atoms with E-state index in [1.54, 1.807) is 0 Å². The highest BCUT2D eigenvalue weighted by atomic mass is 35.5. The van der Waals surface area contributed by atoms with E-state index in [1.807, 2.05) is 0 Å². The summed E-state index contributed by atoms with van der Waals surface area (Å²) in [5, 5.41) is 13.2. The van der Waals surface area contributed by atoms with Gasteiger partial charge in [0.15, 0.2) is 0 Å². The lowest BCUT2D eigenvalue weighted by molar-refractivity contribution is -0.385. The average Bonchev–Trinajstić information content (AvgIpc) is 2.80. The number of halogens is 6. The smallest absolute Gasteiger partial charge is 0.459 e. The van der Waals surface area contributed by atoms with Crippen LogP contribution in [0.1, 0.15) is 5.69 Å². The number of hydrogen-bond acceptors (Lipinski definition) is 5. The first kappa shape index (κ1) is 19.7. The minimum atomic E-state index is -5.89. The van der Waals surface area contributed by atoms with Gasteiger partial charge in [0.05, 0.1) is 12.0 Å². The van der Waals surface area contributed by atoms with E-state index in [0.717, 1.165) is 32.4 Å². The lowest BCUT2D eigenvalue weighted by Gasteiger charge is -2.19. The van der Waals surface area contributed by atoms with Gasteiger partial charge in [0.25, 0.3) is 5.88 Å². The number of aryl methyl sites for hydroxylation is 1. The Hall–Kier alpha value is -2.63. The first-order valence-electron chi connectivity index (χ1n) is 6.58. The summed E-state index contributed by atoms with van der Waals surface area (Å²) >= 11 is 5.60. The minimum Gasteiger partial charge on any atom is -0.490 e. The fourth-order valence-corrected chi connectivity index (χ4v) is 2.32. The second kappa shape index (κ2) is 6.59. The van der Waals surface area contributed by atoms with Crippen molar-refractivity contribution in [3.8, 4) is 17.4 Å². The van der Waals surface area contributed by atoms with Crippen LogP contribution in [0.4, 0.5) is 27.6 Å². The molecule has 0 aliphatic heterocycles. The van der Waals surface area contributed by atoms with Crippen molar-refractivity contribution in [2.24, 2.45) is 7.05 Å². The van der Waals surface area contributed by atoms with Crippen LogP contribution in [0.25, 0.3) is 0 Å². The average molecular weight is 402 g/mol. The number of aromatic nitrogens is 2. The van der Waals surface area contributed by atoms with Gasteiger partial charge in [-0.25, -0.2) is 0 Å². The molecule has 0 saturated carbocycles. The van der Waals surface area contributed by atoms with Crippen LogP contribution >= 0.6 is 11.6 Å². The lowest BCUT2D eigenvalue weighted by atomic mass is 10.2. The van der Waals surface area contributed by atoms with Crippen LogP contribution in [0.2, 0.25) is 5.02 Å². The number of benzene rings is 1. The Labute approximate surface area is 147 Å². The van der Waals surface area contributed by atoms with Gasteiger partial charge in [0.2, 0.25) is 5.75 Å². The standard InChI is InChI=1S/C13H9ClF5N3O4/c1-21-10(12(15,16)13(17,18)19)9(14)11(20-21)26-6-3-4-7(22(23)24)8(5-6)25-2/h3-5H,1-2H3. The molecular weight excluding hydrogens is 393 g/mol. The number of ether oxygens (including phenoxy) is 2. The van der Waals surface area contributed by atoms with E-state index in [4.69, 9.17) is 21.1 Å². The molecule has 1 aromatic carbocycles. The third-order valence-electron chi connectivity index (χ3n) is 3.18. The molecule has 0 atom stereocenters. The topological polar surface area (TPSA) is 79.4 Å². The van der Waals surface area contributed by atoms with Crippen LogP contribution in [-0.2, 0) is 13.0 Å². The zero-order valence-electron chi connectivity index (χ0n) is 13.0. The quantitative estimate of drug-likeness (QED) is 0.420. The highest BCUT2D eigenvalue weighted by Crippen LogP contribution is 2.48. The first-order valence-corrected chi connectivity index (χ1v) is 6.95. The Morgan fingerprint density at radius 2 is 1.88 bits per heavy atom. The molecular formula is C13H9ClF5N3O4. The maximum Gasteiger partial charge on any atom is 0.459 e. The number of alkyl halides is 5. The summed E-state index contributed by atoms with van der Waals surface area (Å²) in [6.07, 6.45) is -5.89. The largest absolute Gasteiger partial charge is 0.490 e. The molecule has 1 heterocycles. The molecule has 0 saturated heterocycles. The van der Waals surface area contributed by atoms with Gasteiger partial charge in [-0.05, 0) is 6.07 Å². The Kier molecular flexibility index (Phi) is 4.99. The van der Waals surface area contributed by atoms with E-state index < -0.39 is 39.3 Å². The summed E-state index contributed by atoms with van der Waals surface area (Å²) in [6.45, 7) is 0. The second-order valence-corrected chi connectivity index (χ2v) is 5.23. The summed E-state index contributed by atoms with van der Waals surface area (Å²) in [7, 11) is 1.98. The number of nitro benzene ring substituents is 1. The van der Waals surface area contributed by atoms with Crippen molar-refractivity contribution >= 4 is 17.3 Å². The van der Waals surface area contributed by atoms with Gasteiger partial charge >= 0.3 is 17.8 Å². The summed E-state index contributed by atoms with van der Waals surface area (Å²) < 4.78 is 75.0. The molecule has 0 amide bonds. The van der Waals surface area contributed by atoms with Crippen molar-refractivity contribution in [3.05, 3.63) is 39.0 Å². The normalized spacial score (nSPS) is 12.2. The van der Waals surface area contributed by atoms with Crippen molar-refractivity contribution in [1.82, 2.24) is 9.78 Å². The van der Waals surface area contributed by atoms with E-state index in [1.165, 1.54) is 0 Å². The highest BCUT2D eigenvalue weighted by molar-refractivity contribution is 6.32. The third-order valence-corrected chi connectivity index (χ3v) is 3.52. The Balaban J connectivity index is 2.44. The van der Waals surface area contributed by atoms with Crippen LogP contribution in [0.15, 0.2) is 18.2 Å². The number of nitro groups is 1.